The third kappa shape index (κ3) is 4.54. The number of amides is 2. The van der Waals surface area contributed by atoms with E-state index in [0.717, 1.165) is 42.0 Å². The van der Waals surface area contributed by atoms with Crippen molar-refractivity contribution in [1.82, 2.24) is 4.90 Å². The van der Waals surface area contributed by atoms with Crippen LogP contribution >= 0.6 is 0 Å². The normalized spacial score (nSPS) is 21.4. The molecule has 174 valence electrons. The molecule has 0 N–H and O–H groups in total. The Morgan fingerprint density at radius 1 is 0.909 bits per heavy atom. The highest BCUT2D eigenvalue weighted by Crippen LogP contribution is 2.38. The predicted molar refractivity (Wildman–Crippen MR) is 132 cm³/mol. The molecule has 0 aromatic heterocycles. The van der Waals surface area contributed by atoms with E-state index < -0.39 is 0 Å². The summed E-state index contributed by atoms with van der Waals surface area (Å²) in [5.41, 5.74) is 4.34. The molecular formula is C28H34N2O3. The van der Waals surface area contributed by atoms with Gasteiger partial charge in [-0.25, -0.2) is 4.90 Å². The lowest BCUT2D eigenvalue weighted by atomic mass is 9.91. The third-order valence-corrected chi connectivity index (χ3v) is 6.36. The van der Waals surface area contributed by atoms with Crippen molar-refractivity contribution in [2.75, 3.05) is 18.0 Å². The van der Waals surface area contributed by atoms with Gasteiger partial charge in [0.25, 0.3) is 11.8 Å². The van der Waals surface area contributed by atoms with Gasteiger partial charge in [0.1, 0.15) is 11.4 Å². The van der Waals surface area contributed by atoms with Gasteiger partial charge in [0.05, 0.1) is 17.4 Å². The molecule has 2 aromatic carbocycles. The zero-order chi connectivity index (χ0) is 23.9. The highest BCUT2D eigenvalue weighted by atomic mass is 16.5. The van der Waals surface area contributed by atoms with Gasteiger partial charge in [0.15, 0.2) is 0 Å². The molecule has 0 saturated carbocycles. The smallest absolute Gasteiger partial charge is 0.282 e. The number of benzene rings is 2. The second kappa shape index (κ2) is 9.05. The molecule has 4 rings (SSSR count). The number of piperidine rings is 1. The number of aryl methyl sites for hydroxylation is 2. The molecule has 0 aliphatic carbocycles. The van der Waals surface area contributed by atoms with Crippen molar-refractivity contribution in [3.05, 3.63) is 64.9 Å². The van der Waals surface area contributed by atoms with Crippen molar-refractivity contribution >= 4 is 23.1 Å². The van der Waals surface area contributed by atoms with Gasteiger partial charge in [0.2, 0.25) is 0 Å². The summed E-state index contributed by atoms with van der Waals surface area (Å²) in [7, 11) is 0. The zero-order valence-electron chi connectivity index (χ0n) is 20.5. The molecule has 33 heavy (non-hydrogen) atoms. The molecule has 1 fully saturated rings. The highest BCUT2D eigenvalue weighted by Gasteiger charge is 2.44. The monoisotopic (exact) mass is 446 g/mol. The highest BCUT2D eigenvalue weighted by molar-refractivity contribution is 6.45. The quantitative estimate of drug-likeness (QED) is 0.581. The van der Waals surface area contributed by atoms with Crippen molar-refractivity contribution < 1.29 is 14.3 Å². The van der Waals surface area contributed by atoms with Crippen LogP contribution in [-0.2, 0) is 9.59 Å². The van der Waals surface area contributed by atoms with Gasteiger partial charge >= 0.3 is 0 Å². The molecule has 2 aliphatic rings. The number of ether oxygens (including phenoxy) is 1. The summed E-state index contributed by atoms with van der Waals surface area (Å²) in [4.78, 5) is 31.2. The van der Waals surface area contributed by atoms with Crippen molar-refractivity contribution in [2.24, 2.45) is 11.8 Å². The number of nitrogens with zero attached hydrogens (tertiary/aromatic N) is 2. The third-order valence-electron chi connectivity index (χ3n) is 6.36. The van der Waals surface area contributed by atoms with Crippen LogP contribution in [0.2, 0.25) is 0 Å². The van der Waals surface area contributed by atoms with E-state index in [1.807, 2.05) is 70.2 Å². The Kier molecular flexibility index (Phi) is 6.33. The largest absolute Gasteiger partial charge is 0.491 e. The number of hydrogen-bond donors (Lipinski definition) is 0. The summed E-state index contributed by atoms with van der Waals surface area (Å²) >= 11 is 0. The van der Waals surface area contributed by atoms with Crippen molar-refractivity contribution in [1.29, 1.82) is 0 Å². The van der Waals surface area contributed by atoms with Gasteiger partial charge < -0.3 is 9.64 Å². The van der Waals surface area contributed by atoms with Crippen LogP contribution < -0.4 is 9.64 Å². The lowest BCUT2D eigenvalue weighted by Gasteiger charge is -2.37. The summed E-state index contributed by atoms with van der Waals surface area (Å²) in [6.07, 6.45) is 1.19. The minimum atomic E-state index is -0.257. The number of carbonyl (C=O) groups is 2. The van der Waals surface area contributed by atoms with Gasteiger partial charge in [-0.2, -0.15) is 0 Å². The molecule has 0 radical (unpaired) electrons. The zero-order valence-corrected chi connectivity index (χ0v) is 20.5. The number of anilines is 1. The molecule has 2 unspecified atom stereocenters. The van der Waals surface area contributed by atoms with E-state index in [0.29, 0.717) is 28.8 Å². The van der Waals surface area contributed by atoms with Gasteiger partial charge in [-0.05, 0) is 80.8 Å². The van der Waals surface area contributed by atoms with Crippen LogP contribution in [0.15, 0.2) is 48.2 Å². The molecule has 2 aromatic rings. The molecule has 0 spiro atoms. The van der Waals surface area contributed by atoms with Gasteiger partial charge in [-0.3, -0.25) is 9.59 Å². The fourth-order valence-electron chi connectivity index (χ4n) is 5.07. The number of rotatable bonds is 5. The Morgan fingerprint density at radius 3 is 2.15 bits per heavy atom. The van der Waals surface area contributed by atoms with E-state index in [1.54, 1.807) is 0 Å². The van der Waals surface area contributed by atoms with E-state index in [-0.39, 0.29) is 17.9 Å². The second-order valence-electron chi connectivity index (χ2n) is 10.0. The number of imide groups is 1. The minimum Gasteiger partial charge on any atom is -0.491 e. The number of likely N-dealkylation sites (tertiary alicyclic amines) is 1. The Bertz CT molecular complexity index is 1090. The summed E-state index contributed by atoms with van der Waals surface area (Å²) < 4.78 is 5.78. The fraction of sp³-hybridized carbons (Fsp3) is 0.429. The summed E-state index contributed by atoms with van der Waals surface area (Å²) in [6, 6.07) is 13.4. The molecule has 2 atom stereocenters. The van der Waals surface area contributed by atoms with Gasteiger partial charge in [0, 0.05) is 13.1 Å². The lowest BCUT2D eigenvalue weighted by molar-refractivity contribution is -0.120. The van der Waals surface area contributed by atoms with Crippen LogP contribution in [0.3, 0.4) is 0 Å². The van der Waals surface area contributed by atoms with Crippen molar-refractivity contribution in [2.45, 2.75) is 54.1 Å². The van der Waals surface area contributed by atoms with E-state index in [4.69, 9.17) is 4.74 Å². The Morgan fingerprint density at radius 2 is 1.55 bits per heavy atom. The first kappa shape index (κ1) is 23.1. The number of hydrogen-bond acceptors (Lipinski definition) is 4. The summed E-state index contributed by atoms with van der Waals surface area (Å²) in [5.74, 6) is 1.18. The Balaban J connectivity index is 1.82. The van der Waals surface area contributed by atoms with Crippen molar-refractivity contribution in [3.63, 3.8) is 0 Å². The van der Waals surface area contributed by atoms with E-state index in [9.17, 15) is 9.59 Å². The average molecular weight is 447 g/mol. The standard InChI is InChI=1S/C28H34N2O3/c1-17(2)33-23-11-9-22(10-12-23)25-26(29-15-19(4)13-20(5)16-29)28(32)30(27(25)31)24-14-18(3)7-8-21(24)6/h7-12,14,17,19-20H,13,15-16H2,1-6H3. The summed E-state index contributed by atoms with van der Waals surface area (Å²) in [6.45, 7) is 13.9. The molecule has 2 aliphatic heterocycles. The molecule has 0 bridgehead atoms. The predicted octanol–water partition coefficient (Wildman–Crippen LogP) is 5.35. The maximum absolute atomic E-state index is 13.9. The van der Waals surface area contributed by atoms with Crippen LogP contribution in [-0.4, -0.2) is 35.9 Å². The van der Waals surface area contributed by atoms with Gasteiger partial charge in [-0.15, -0.1) is 0 Å². The summed E-state index contributed by atoms with van der Waals surface area (Å²) in [5, 5.41) is 0. The maximum atomic E-state index is 13.9. The Hall–Kier alpha value is -3.08. The van der Waals surface area contributed by atoms with Crippen LogP contribution in [0.4, 0.5) is 5.69 Å². The molecule has 5 heteroatoms. The fourth-order valence-corrected chi connectivity index (χ4v) is 5.07. The molecule has 5 nitrogen and oxygen atoms in total. The number of carbonyl (C=O) groups excluding carboxylic acids is 2. The first-order valence-electron chi connectivity index (χ1n) is 11.9. The second-order valence-corrected chi connectivity index (χ2v) is 10.0. The lowest BCUT2D eigenvalue weighted by Crippen LogP contribution is -2.42. The van der Waals surface area contributed by atoms with Gasteiger partial charge in [-0.1, -0.05) is 38.1 Å². The van der Waals surface area contributed by atoms with Crippen LogP contribution in [0.25, 0.3) is 5.57 Å². The average Bonchev–Trinajstić information content (AvgIpc) is 2.99. The van der Waals surface area contributed by atoms with E-state index in [1.165, 1.54) is 4.90 Å². The van der Waals surface area contributed by atoms with E-state index >= 15 is 0 Å². The van der Waals surface area contributed by atoms with Crippen LogP contribution in [0.1, 0.15) is 50.8 Å². The van der Waals surface area contributed by atoms with Crippen molar-refractivity contribution in [3.8, 4) is 5.75 Å². The van der Waals surface area contributed by atoms with E-state index in [2.05, 4.69) is 18.7 Å². The molecule has 2 amide bonds. The molecule has 1 saturated heterocycles. The maximum Gasteiger partial charge on any atom is 0.282 e. The SMILES string of the molecule is Cc1ccc(C)c(N2C(=O)C(c3ccc(OC(C)C)cc3)=C(N3CC(C)CC(C)C3)C2=O)c1. The topological polar surface area (TPSA) is 49.9 Å². The first-order chi connectivity index (χ1) is 15.7. The molecular weight excluding hydrogens is 412 g/mol. The van der Waals surface area contributed by atoms with Crippen LogP contribution in [0, 0.1) is 25.7 Å². The van der Waals surface area contributed by atoms with Crippen LogP contribution in [0.5, 0.6) is 5.75 Å². The Labute approximate surface area is 197 Å². The first-order valence-corrected chi connectivity index (χ1v) is 11.9. The minimum absolute atomic E-state index is 0.0661. The molecule has 2 heterocycles.